The Morgan fingerprint density at radius 1 is 0.722 bits per heavy atom. The molecule has 0 aliphatic carbocycles. The summed E-state index contributed by atoms with van der Waals surface area (Å²) in [6.07, 6.45) is -1.02. The molecule has 0 radical (unpaired) electrons. The normalized spacial score (nSPS) is 11.9. The van der Waals surface area contributed by atoms with Crippen LogP contribution in [0.15, 0.2) is 24.3 Å². The molecule has 0 spiro atoms. The molecule has 0 saturated carbocycles. The lowest BCUT2D eigenvalue weighted by atomic mass is 10.0. The molecule has 2 aromatic carbocycles. The minimum absolute atomic E-state index is 0.204. The third kappa shape index (κ3) is 6.01. The standard InChI is InChI=1S/C27H36NO7P/c1-16-9-18(3)23(19(4)10-16)25(33)36(35,8-7-22(32)28-27(13-29,14-30)15-31)26(34)24-20(5)11-17(2)12-21(24)6/h9-12,29-31H,7-8,13-15H2,1-6H3,(H,28,32). The van der Waals surface area contributed by atoms with Crippen LogP contribution in [0.2, 0.25) is 0 Å². The van der Waals surface area contributed by atoms with E-state index in [0.717, 1.165) is 11.1 Å². The fraction of sp³-hybridized carbons (Fsp3) is 0.444. The number of nitrogens with one attached hydrogen (secondary N) is 1. The van der Waals surface area contributed by atoms with E-state index in [-0.39, 0.29) is 11.1 Å². The van der Waals surface area contributed by atoms with Crippen LogP contribution in [0.4, 0.5) is 0 Å². The van der Waals surface area contributed by atoms with Gasteiger partial charge >= 0.3 is 0 Å². The van der Waals surface area contributed by atoms with Crippen LogP contribution < -0.4 is 5.32 Å². The zero-order valence-electron chi connectivity index (χ0n) is 21.8. The quantitative estimate of drug-likeness (QED) is 0.336. The van der Waals surface area contributed by atoms with Gasteiger partial charge in [0, 0.05) is 23.7 Å². The van der Waals surface area contributed by atoms with E-state index in [9.17, 15) is 34.3 Å². The lowest BCUT2D eigenvalue weighted by Gasteiger charge is -2.29. The molecule has 9 heteroatoms. The minimum Gasteiger partial charge on any atom is -0.394 e. The molecule has 0 heterocycles. The summed E-state index contributed by atoms with van der Waals surface area (Å²) < 4.78 is 14.4. The smallest absolute Gasteiger partial charge is 0.229 e. The van der Waals surface area contributed by atoms with E-state index in [1.165, 1.54) is 0 Å². The van der Waals surface area contributed by atoms with Crippen molar-refractivity contribution in [3.63, 3.8) is 0 Å². The number of rotatable bonds is 11. The highest BCUT2D eigenvalue weighted by Crippen LogP contribution is 2.54. The number of hydrogen-bond acceptors (Lipinski definition) is 7. The number of carbonyl (C=O) groups is 3. The molecular formula is C27H36NO7P. The molecule has 0 saturated heterocycles. The Kier molecular flexibility index (Phi) is 9.54. The van der Waals surface area contributed by atoms with Gasteiger partial charge in [0.15, 0.2) is 0 Å². The number of hydrogen-bond donors (Lipinski definition) is 4. The fourth-order valence-corrected chi connectivity index (χ4v) is 7.11. The maximum absolute atomic E-state index is 14.4. The summed E-state index contributed by atoms with van der Waals surface area (Å²) in [6.45, 7) is 8.42. The van der Waals surface area contributed by atoms with Crippen molar-refractivity contribution in [2.75, 3.05) is 26.0 Å². The Labute approximate surface area is 212 Å². The van der Waals surface area contributed by atoms with E-state index in [1.807, 2.05) is 13.8 Å². The van der Waals surface area contributed by atoms with E-state index in [1.54, 1.807) is 52.0 Å². The first-order valence-electron chi connectivity index (χ1n) is 11.7. The molecule has 0 aliphatic rings. The summed E-state index contributed by atoms with van der Waals surface area (Å²) in [5.41, 5.74) is 1.33. The van der Waals surface area contributed by atoms with Crippen molar-refractivity contribution >= 4 is 24.1 Å². The van der Waals surface area contributed by atoms with E-state index in [2.05, 4.69) is 5.32 Å². The van der Waals surface area contributed by atoms with Gasteiger partial charge < -0.3 is 25.2 Å². The molecule has 0 unspecified atom stereocenters. The van der Waals surface area contributed by atoms with Crippen LogP contribution in [0.25, 0.3) is 0 Å². The van der Waals surface area contributed by atoms with Crippen molar-refractivity contribution in [3.05, 3.63) is 68.8 Å². The highest BCUT2D eigenvalue weighted by molar-refractivity contribution is 7.95. The molecule has 2 aromatic rings. The molecule has 0 atom stereocenters. The molecule has 36 heavy (non-hydrogen) atoms. The molecule has 1 amide bonds. The van der Waals surface area contributed by atoms with Gasteiger partial charge in [0.05, 0.1) is 19.8 Å². The predicted octanol–water partition coefficient (Wildman–Crippen LogP) is 3.10. The first kappa shape index (κ1) is 29.6. The number of aliphatic hydroxyl groups is 3. The number of carbonyl (C=O) groups excluding carboxylic acids is 3. The molecule has 0 aromatic heterocycles. The van der Waals surface area contributed by atoms with Gasteiger partial charge in [0.2, 0.25) is 24.1 Å². The molecule has 0 fully saturated rings. The number of benzene rings is 2. The topological polar surface area (TPSA) is 141 Å². The van der Waals surface area contributed by atoms with Crippen molar-refractivity contribution < 1.29 is 34.3 Å². The lowest BCUT2D eigenvalue weighted by molar-refractivity contribution is -0.125. The molecule has 2 rings (SSSR count). The molecule has 8 nitrogen and oxygen atoms in total. The average Bonchev–Trinajstić information content (AvgIpc) is 2.79. The van der Waals surface area contributed by atoms with E-state index < -0.39 is 62.0 Å². The van der Waals surface area contributed by atoms with Crippen LogP contribution in [-0.2, 0) is 9.36 Å². The Bertz CT molecular complexity index is 1100. The zero-order chi connectivity index (χ0) is 27.4. The average molecular weight is 518 g/mol. The third-order valence-electron chi connectivity index (χ3n) is 6.40. The minimum atomic E-state index is -4.35. The van der Waals surface area contributed by atoms with Gasteiger partial charge in [-0.1, -0.05) is 35.4 Å². The Morgan fingerprint density at radius 2 is 1.06 bits per heavy atom. The largest absolute Gasteiger partial charge is 0.394 e. The second kappa shape index (κ2) is 11.6. The van der Waals surface area contributed by atoms with Crippen LogP contribution in [0, 0.1) is 41.5 Å². The van der Waals surface area contributed by atoms with Crippen molar-refractivity contribution in [3.8, 4) is 0 Å². The van der Waals surface area contributed by atoms with Gasteiger partial charge in [0.1, 0.15) is 5.54 Å². The predicted molar refractivity (Wildman–Crippen MR) is 139 cm³/mol. The Hall–Kier alpha value is -2.64. The molecule has 196 valence electrons. The van der Waals surface area contributed by atoms with Crippen LogP contribution >= 0.6 is 7.14 Å². The van der Waals surface area contributed by atoms with Crippen molar-refractivity contribution in [1.29, 1.82) is 0 Å². The second-order valence-electron chi connectivity index (χ2n) is 9.67. The van der Waals surface area contributed by atoms with Gasteiger partial charge in [0.25, 0.3) is 0 Å². The first-order valence-corrected chi connectivity index (χ1v) is 13.6. The summed E-state index contributed by atoms with van der Waals surface area (Å²) >= 11 is 0. The number of aliphatic hydroxyl groups excluding tert-OH is 3. The van der Waals surface area contributed by atoms with E-state index in [0.29, 0.717) is 22.3 Å². The first-order chi connectivity index (χ1) is 16.7. The maximum atomic E-state index is 14.4. The molecular weight excluding hydrogens is 481 g/mol. The van der Waals surface area contributed by atoms with Crippen LogP contribution in [0.1, 0.15) is 60.5 Å². The molecule has 0 aliphatic heterocycles. The second-order valence-corrected chi connectivity index (χ2v) is 12.4. The van der Waals surface area contributed by atoms with Gasteiger partial charge in [-0.15, -0.1) is 0 Å². The summed E-state index contributed by atoms with van der Waals surface area (Å²) in [7, 11) is -4.35. The van der Waals surface area contributed by atoms with Crippen LogP contribution in [0.5, 0.6) is 0 Å². The van der Waals surface area contributed by atoms with Crippen molar-refractivity contribution in [2.24, 2.45) is 0 Å². The van der Waals surface area contributed by atoms with Gasteiger partial charge in [-0.25, -0.2) is 0 Å². The zero-order valence-corrected chi connectivity index (χ0v) is 22.7. The third-order valence-corrected chi connectivity index (χ3v) is 9.02. The fourth-order valence-electron chi connectivity index (χ4n) is 4.58. The summed E-state index contributed by atoms with van der Waals surface area (Å²) in [5.74, 6) is -0.761. The van der Waals surface area contributed by atoms with Crippen LogP contribution in [-0.4, -0.2) is 63.8 Å². The maximum Gasteiger partial charge on any atom is 0.229 e. The monoisotopic (exact) mass is 517 g/mol. The van der Waals surface area contributed by atoms with Gasteiger partial charge in [-0.05, 0) is 63.8 Å². The number of aryl methyl sites for hydroxylation is 6. The van der Waals surface area contributed by atoms with E-state index >= 15 is 0 Å². The van der Waals surface area contributed by atoms with Crippen molar-refractivity contribution in [2.45, 2.75) is 53.5 Å². The molecule has 4 N–H and O–H groups in total. The Balaban J connectivity index is 2.58. The van der Waals surface area contributed by atoms with E-state index in [4.69, 9.17) is 0 Å². The van der Waals surface area contributed by atoms with Crippen molar-refractivity contribution in [1.82, 2.24) is 5.32 Å². The lowest BCUT2D eigenvalue weighted by Crippen LogP contribution is -2.57. The SMILES string of the molecule is Cc1cc(C)c(C(=O)P(=O)(CCC(=O)NC(CO)(CO)CO)C(=O)c2c(C)cc(C)cc2C)c(C)c1. The summed E-state index contributed by atoms with van der Waals surface area (Å²) in [5, 5.41) is 30.8. The summed E-state index contributed by atoms with van der Waals surface area (Å²) in [4.78, 5) is 40.4. The van der Waals surface area contributed by atoms with Crippen LogP contribution in [0.3, 0.4) is 0 Å². The highest BCUT2D eigenvalue weighted by Gasteiger charge is 2.43. The Morgan fingerprint density at radius 3 is 1.36 bits per heavy atom. The highest BCUT2D eigenvalue weighted by atomic mass is 31.2. The van der Waals surface area contributed by atoms with Gasteiger partial charge in [-0.2, -0.15) is 0 Å². The molecule has 0 bridgehead atoms. The summed E-state index contributed by atoms with van der Waals surface area (Å²) in [6, 6.07) is 7.12. The number of amides is 1. The van der Waals surface area contributed by atoms with Gasteiger partial charge in [-0.3, -0.25) is 14.4 Å².